The first-order valence-electron chi connectivity index (χ1n) is 14.0. The van der Waals surface area contributed by atoms with E-state index in [-0.39, 0.29) is 57.1 Å². The summed E-state index contributed by atoms with van der Waals surface area (Å²) in [6.45, 7) is 1.64. The molecule has 0 radical (unpaired) electrons. The Morgan fingerprint density at radius 2 is 1.36 bits per heavy atom. The zero-order valence-electron chi connectivity index (χ0n) is 24.5. The number of nitrogens with one attached hydrogen (secondary N) is 4. The number of aromatic nitrogens is 1. The van der Waals surface area contributed by atoms with Crippen molar-refractivity contribution in [2.45, 2.75) is 69.3 Å². The number of hydrogen-bond acceptors (Lipinski definition) is 8. The zero-order valence-corrected chi connectivity index (χ0v) is 24.5. The van der Waals surface area contributed by atoms with Gasteiger partial charge in [0.05, 0.1) is 6.10 Å². The van der Waals surface area contributed by atoms with Crippen molar-refractivity contribution >= 4 is 46.5 Å². The summed E-state index contributed by atoms with van der Waals surface area (Å²) in [5.41, 5.74) is 28.7. The fourth-order valence-corrected chi connectivity index (χ4v) is 4.29. The first-order chi connectivity index (χ1) is 20.8. The average Bonchev–Trinajstić information content (AvgIpc) is 3.37. The minimum Gasteiger partial charge on any atom is -0.480 e. The van der Waals surface area contributed by atoms with E-state index in [0.717, 1.165) is 10.9 Å². The van der Waals surface area contributed by atoms with Crippen LogP contribution in [0.15, 0.2) is 40.4 Å². The summed E-state index contributed by atoms with van der Waals surface area (Å²) in [5.74, 6) is -3.87. The number of carbonyl (C=O) groups excluding carboxylic acids is 3. The van der Waals surface area contributed by atoms with Crippen molar-refractivity contribution in [1.29, 1.82) is 0 Å². The largest absolute Gasteiger partial charge is 0.480 e. The molecule has 1 heterocycles. The first-order valence-corrected chi connectivity index (χ1v) is 14.0. The lowest BCUT2D eigenvalue weighted by Gasteiger charge is -2.25. The molecule has 5 unspecified atom stereocenters. The third-order valence-corrected chi connectivity index (χ3v) is 6.69. The number of rotatable bonds is 18. The van der Waals surface area contributed by atoms with Gasteiger partial charge in [-0.05, 0) is 44.2 Å². The predicted molar refractivity (Wildman–Crippen MR) is 165 cm³/mol. The van der Waals surface area contributed by atoms with Crippen molar-refractivity contribution in [3.8, 4) is 0 Å². The summed E-state index contributed by atoms with van der Waals surface area (Å²) >= 11 is 0. The van der Waals surface area contributed by atoms with Crippen molar-refractivity contribution in [3.05, 3.63) is 36.0 Å². The molecule has 0 aliphatic rings. The van der Waals surface area contributed by atoms with Gasteiger partial charge in [0.2, 0.25) is 17.7 Å². The van der Waals surface area contributed by atoms with Gasteiger partial charge in [0.25, 0.3) is 0 Å². The number of nitrogens with zero attached hydrogens (tertiary/aromatic N) is 2. The molecule has 0 aliphatic heterocycles. The quantitative estimate of drug-likeness (QED) is 0.0456. The molecule has 16 N–H and O–H groups in total. The first kappa shape index (κ1) is 35.3. The number of aliphatic carboxylic acids is 1. The third-order valence-electron chi connectivity index (χ3n) is 6.69. The van der Waals surface area contributed by atoms with E-state index in [1.807, 2.05) is 24.3 Å². The van der Waals surface area contributed by atoms with Gasteiger partial charge in [0.15, 0.2) is 11.9 Å². The van der Waals surface area contributed by atoms with Crippen LogP contribution in [-0.4, -0.2) is 94.2 Å². The summed E-state index contributed by atoms with van der Waals surface area (Å²) in [6, 6.07) is 2.32. The molecule has 2 aromatic rings. The van der Waals surface area contributed by atoms with Crippen LogP contribution in [0.5, 0.6) is 0 Å². The number of carbonyl (C=O) groups is 4. The highest BCUT2D eigenvalue weighted by atomic mass is 16.4. The Morgan fingerprint density at radius 3 is 1.93 bits per heavy atom. The highest BCUT2D eigenvalue weighted by Crippen LogP contribution is 2.19. The number of aromatic amines is 1. The summed E-state index contributed by atoms with van der Waals surface area (Å²) in [5, 5.41) is 27.9. The highest BCUT2D eigenvalue weighted by molar-refractivity contribution is 5.95. The fourth-order valence-electron chi connectivity index (χ4n) is 4.29. The minimum atomic E-state index is -1.32. The van der Waals surface area contributed by atoms with Crippen LogP contribution in [0, 0.1) is 0 Å². The van der Waals surface area contributed by atoms with Gasteiger partial charge in [0.1, 0.15) is 24.2 Å². The smallest absolute Gasteiger partial charge is 0.326 e. The Kier molecular flexibility index (Phi) is 13.9. The molecule has 0 spiro atoms. The van der Waals surface area contributed by atoms with E-state index in [9.17, 15) is 29.4 Å². The predicted octanol–water partition coefficient (Wildman–Crippen LogP) is -2.94. The molecule has 1 aromatic carbocycles. The van der Waals surface area contributed by atoms with Gasteiger partial charge >= 0.3 is 5.97 Å². The number of aliphatic hydroxyl groups excluding tert-OH is 1. The summed E-state index contributed by atoms with van der Waals surface area (Å²) in [4.78, 5) is 62.4. The zero-order chi connectivity index (χ0) is 32.8. The average molecular weight is 618 g/mol. The second kappa shape index (κ2) is 17.3. The minimum absolute atomic E-state index is 0.0129. The van der Waals surface area contributed by atoms with E-state index in [4.69, 9.17) is 28.7 Å². The number of fused-ring (bicyclic) bond motifs is 1. The molecule has 3 amide bonds. The molecule has 0 saturated carbocycles. The van der Waals surface area contributed by atoms with Crippen LogP contribution in [0.4, 0.5) is 0 Å². The monoisotopic (exact) mass is 617 g/mol. The lowest BCUT2D eigenvalue weighted by molar-refractivity contribution is -0.142. The van der Waals surface area contributed by atoms with Gasteiger partial charge in [-0.25, -0.2) is 4.79 Å². The Bertz CT molecular complexity index is 1330. The molecule has 17 nitrogen and oxygen atoms in total. The molecule has 0 fully saturated rings. The topological polar surface area (TPSA) is 315 Å². The number of carboxylic acid groups (broad SMARTS) is 1. The lowest BCUT2D eigenvalue weighted by Crippen LogP contribution is -2.58. The molecule has 44 heavy (non-hydrogen) atoms. The maximum absolute atomic E-state index is 13.6. The van der Waals surface area contributed by atoms with E-state index in [1.54, 1.807) is 6.20 Å². The van der Waals surface area contributed by atoms with Crippen LogP contribution in [0.25, 0.3) is 10.9 Å². The van der Waals surface area contributed by atoms with Crippen LogP contribution in [0.2, 0.25) is 0 Å². The van der Waals surface area contributed by atoms with Gasteiger partial charge in [-0.1, -0.05) is 18.2 Å². The number of para-hydroxylation sites is 1. The standard InChI is InChI=1S/C27H43N11O6/c1-14(39)21(28)24(42)38-20(12-15-13-35-17-7-3-2-6-16(15)17)23(41)36-18(8-4-10-33-26(29)30)22(40)37-19(25(43)44)9-5-11-34-27(31)32/h2-3,6-7,13-14,18-21,35,39H,4-5,8-12,28H2,1H3,(H,36,41)(H,37,40)(H,38,42)(H,43,44)(H4,29,30,33)(H4,31,32,34). The maximum Gasteiger partial charge on any atom is 0.326 e. The summed E-state index contributed by atoms with van der Waals surface area (Å²) in [7, 11) is 0. The Labute approximate surface area is 254 Å². The van der Waals surface area contributed by atoms with E-state index in [1.165, 1.54) is 6.92 Å². The number of carboxylic acids is 1. The Balaban J connectivity index is 2.29. The Hall–Kier alpha value is -4.90. The second-order valence-corrected chi connectivity index (χ2v) is 10.2. The van der Waals surface area contributed by atoms with Crippen molar-refractivity contribution in [2.75, 3.05) is 13.1 Å². The summed E-state index contributed by atoms with van der Waals surface area (Å²) < 4.78 is 0. The number of guanidine groups is 2. The molecule has 0 bridgehead atoms. The normalized spacial score (nSPS) is 14.3. The highest BCUT2D eigenvalue weighted by Gasteiger charge is 2.31. The molecule has 5 atom stereocenters. The second-order valence-electron chi connectivity index (χ2n) is 10.2. The molecule has 1 aromatic heterocycles. The van der Waals surface area contributed by atoms with Gasteiger partial charge in [0, 0.05) is 36.6 Å². The van der Waals surface area contributed by atoms with Crippen LogP contribution in [0.1, 0.15) is 38.2 Å². The number of hydrogen-bond donors (Lipinski definition) is 11. The molecule has 0 aliphatic carbocycles. The molecule has 17 heteroatoms. The van der Waals surface area contributed by atoms with Gasteiger partial charge in [-0.3, -0.25) is 24.4 Å². The SMILES string of the molecule is CC(O)C(N)C(=O)NC(Cc1c[nH]c2ccccc12)C(=O)NC(CCCN=C(N)N)C(=O)NC(CCCN=C(N)N)C(=O)O. The molecular formula is C27H43N11O6. The van der Waals surface area contributed by atoms with Crippen LogP contribution in [-0.2, 0) is 25.6 Å². The molecule has 242 valence electrons. The van der Waals surface area contributed by atoms with E-state index < -0.39 is 54.0 Å². The number of aliphatic imine (C=N–C) groups is 2. The van der Waals surface area contributed by atoms with Crippen LogP contribution < -0.4 is 44.6 Å². The van der Waals surface area contributed by atoms with E-state index in [2.05, 4.69) is 30.9 Å². The third kappa shape index (κ3) is 11.4. The van der Waals surface area contributed by atoms with Gasteiger partial charge in [-0.2, -0.15) is 0 Å². The van der Waals surface area contributed by atoms with Crippen molar-refractivity contribution in [1.82, 2.24) is 20.9 Å². The molecule has 2 rings (SSSR count). The van der Waals surface area contributed by atoms with Gasteiger partial charge < -0.3 is 59.8 Å². The van der Waals surface area contributed by atoms with Crippen molar-refractivity contribution in [2.24, 2.45) is 38.7 Å². The maximum atomic E-state index is 13.6. The van der Waals surface area contributed by atoms with Crippen LogP contribution >= 0.6 is 0 Å². The Morgan fingerprint density at radius 1 is 0.841 bits per heavy atom. The van der Waals surface area contributed by atoms with Crippen molar-refractivity contribution in [3.63, 3.8) is 0 Å². The number of benzene rings is 1. The number of amides is 3. The number of aliphatic hydroxyl groups is 1. The molecule has 0 saturated heterocycles. The summed E-state index contributed by atoms with van der Waals surface area (Å²) in [6.07, 6.45) is 1.09. The van der Waals surface area contributed by atoms with E-state index >= 15 is 0 Å². The molecular weight excluding hydrogens is 574 g/mol. The van der Waals surface area contributed by atoms with E-state index in [0.29, 0.717) is 5.56 Å². The van der Waals surface area contributed by atoms with Crippen molar-refractivity contribution < 1.29 is 29.4 Å². The number of nitrogens with two attached hydrogens (primary N) is 5. The number of H-pyrrole nitrogens is 1. The lowest BCUT2D eigenvalue weighted by atomic mass is 10.0. The van der Waals surface area contributed by atoms with Gasteiger partial charge in [-0.15, -0.1) is 0 Å². The fraction of sp³-hybridized carbons (Fsp3) is 0.481. The van der Waals surface area contributed by atoms with Crippen LogP contribution in [0.3, 0.4) is 0 Å².